The highest BCUT2D eigenvalue weighted by Crippen LogP contribution is 2.42. The van der Waals surface area contributed by atoms with Crippen LogP contribution in [0.3, 0.4) is 0 Å². The number of hydrogen-bond donors (Lipinski definition) is 2. The molecule has 1 saturated carbocycles. The first-order chi connectivity index (χ1) is 6.11. The maximum atomic E-state index is 10.8. The molecule has 5 nitrogen and oxygen atoms in total. The minimum absolute atomic E-state index is 0.0990. The number of nitrogens with two attached hydrogens (primary N) is 1. The predicted molar refractivity (Wildman–Crippen MR) is 46.6 cm³/mol. The Labute approximate surface area is 75.2 Å². The molecule has 3 N–H and O–H groups in total. The molecule has 0 unspecified atom stereocenters. The molecule has 0 bridgehead atoms. The second kappa shape index (κ2) is 2.48. The Morgan fingerprint density at radius 2 is 2.31 bits per heavy atom. The van der Waals surface area contributed by atoms with Crippen molar-refractivity contribution in [1.29, 1.82) is 0 Å². The van der Waals surface area contributed by atoms with Crippen molar-refractivity contribution in [3.63, 3.8) is 0 Å². The van der Waals surface area contributed by atoms with E-state index in [1.54, 1.807) is 7.05 Å². The van der Waals surface area contributed by atoms with Crippen LogP contribution < -0.4 is 5.73 Å². The summed E-state index contributed by atoms with van der Waals surface area (Å²) in [6, 6.07) is 0. The summed E-state index contributed by atoms with van der Waals surface area (Å²) >= 11 is 0. The predicted octanol–water partition coefficient (Wildman–Crippen LogP) is 0.578. The molecule has 2 rings (SSSR count). The van der Waals surface area contributed by atoms with Gasteiger partial charge in [0.15, 0.2) is 5.69 Å². The van der Waals surface area contributed by atoms with Crippen LogP contribution in [0.5, 0.6) is 0 Å². The maximum Gasteiger partial charge on any atom is 0.356 e. The van der Waals surface area contributed by atoms with E-state index in [9.17, 15) is 4.79 Å². The van der Waals surface area contributed by atoms with E-state index in [-0.39, 0.29) is 5.69 Å². The maximum absolute atomic E-state index is 10.8. The van der Waals surface area contributed by atoms with Crippen LogP contribution in [-0.2, 0) is 7.05 Å². The molecule has 5 heteroatoms. The van der Waals surface area contributed by atoms with E-state index in [1.807, 2.05) is 0 Å². The van der Waals surface area contributed by atoms with Crippen molar-refractivity contribution in [3.8, 4) is 0 Å². The molecule has 0 atom stereocenters. The Balaban J connectivity index is 2.50. The van der Waals surface area contributed by atoms with Crippen LogP contribution in [0.4, 0.5) is 5.69 Å². The third-order valence-corrected chi connectivity index (χ3v) is 2.28. The van der Waals surface area contributed by atoms with Gasteiger partial charge in [-0.1, -0.05) is 0 Å². The summed E-state index contributed by atoms with van der Waals surface area (Å²) in [5.41, 5.74) is 6.86. The van der Waals surface area contributed by atoms with Crippen molar-refractivity contribution >= 4 is 11.7 Å². The summed E-state index contributed by atoms with van der Waals surface area (Å²) in [6.45, 7) is 0. The van der Waals surface area contributed by atoms with Gasteiger partial charge in [-0.05, 0) is 12.8 Å². The van der Waals surface area contributed by atoms with E-state index < -0.39 is 5.97 Å². The lowest BCUT2D eigenvalue weighted by Crippen LogP contribution is -2.07. The van der Waals surface area contributed by atoms with Crippen LogP contribution in [0, 0.1) is 0 Å². The number of anilines is 1. The van der Waals surface area contributed by atoms with Gasteiger partial charge in [-0.15, -0.1) is 0 Å². The summed E-state index contributed by atoms with van der Waals surface area (Å²) in [6.07, 6.45) is 2.14. The van der Waals surface area contributed by atoms with Crippen LogP contribution in [0.2, 0.25) is 0 Å². The van der Waals surface area contributed by atoms with Crippen LogP contribution in [0.25, 0.3) is 0 Å². The Hall–Kier alpha value is -1.52. The van der Waals surface area contributed by atoms with Crippen LogP contribution in [0.1, 0.15) is 34.9 Å². The molecule has 1 aromatic heterocycles. The molecule has 0 radical (unpaired) electrons. The van der Waals surface area contributed by atoms with Gasteiger partial charge in [0.05, 0.1) is 11.4 Å². The van der Waals surface area contributed by atoms with Gasteiger partial charge in [0.1, 0.15) is 0 Å². The van der Waals surface area contributed by atoms with E-state index in [2.05, 4.69) is 5.10 Å². The van der Waals surface area contributed by atoms with Gasteiger partial charge in [-0.25, -0.2) is 4.79 Å². The van der Waals surface area contributed by atoms with Crippen LogP contribution in [0.15, 0.2) is 0 Å². The number of aromatic carboxylic acids is 1. The van der Waals surface area contributed by atoms with Crippen molar-refractivity contribution < 1.29 is 9.90 Å². The topological polar surface area (TPSA) is 81.1 Å². The SMILES string of the molecule is Cn1nc(C2CC2)c(N)c1C(=O)O. The number of aryl methyl sites for hydroxylation is 1. The van der Waals surface area contributed by atoms with Crippen molar-refractivity contribution in [2.75, 3.05) is 5.73 Å². The van der Waals surface area contributed by atoms with Crippen molar-refractivity contribution in [1.82, 2.24) is 9.78 Å². The Morgan fingerprint density at radius 1 is 1.69 bits per heavy atom. The zero-order valence-electron chi connectivity index (χ0n) is 7.32. The first-order valence-electron chi connectivity index (χ1n) is 4.17. The number of nitrogen functional groups attached to an aromatic ring is 1. The average Bonchev–Trinajstić information content (AvgIpc) is 2.78. The molecule has 1 heterocycles. The summed E-state index contributed by atoms with van der Waals surface area (Å²) in [7, 11) is 1.60. The summed E-state index contributed by atoms with van der Waals surface area (Å²) in [4.78, 5) is 10.8. The first kappa shape index (κ1) is 8.10. The largest absolute Gasteiger partial charge is 0.476 e. The fourth-order valence-electron chi connectivity index (χ4n) is 1.47. The lowest BCUT2D eigenvalue weighted by atomic mass is 10.2. The molecular formula is C8H11N3O2. The minimum Gasteiger partial charge on any atom is -0.476 e. The molecule has 1 aromatic rings. The number of rotatable bonds is 2. The third-order valence-electron chi connectivity index (χ3n) is 2.28. The molecule has 13 heavy (non-hydrogen) atoms. The Bertz CT molecular complexity index is 366. The van der Waals surface area contributed by atoms with Crippen molar-refractivity contribution in [2.24, 2.45) is 7.05 Å². The van der Waals surface area contributed by atoms with Gasteiger partial charge >= 0.3 is 5.97 Å². The lowest BCUT2D eigenvalue weighted by Gasteiger charge is -1.94. The van der Waals surface area contributed by atoms with Gasteiger partial charge in [-0.3, -0.25) is 4.68 Å². The molecule has 0 spiro atoms. The van der Waals surface area contributed by atoms with E-state index >= 15 is 0 Å². The van der Waals surface area contributed by atoms with E-state index in [4.69, 9.17) is 10.8 Å². The van der Waals surface area contributed by atoms with Gasteiger partial charge in [-0.2, -0.15) is 5.10 Å². The number of carboxylic acid groups (broad SMARTS) is 1. The Morgan fingerprint density at radius 3 is 2.69 bits per heavy atom. The van der Waals surface area contributed by atoms with Gasteiger partial charge in [0, 0.05) is 13.0 Å². The standard InChI is InChI=1S/C8H11N3O2/c1-11-7(8(12)13)5(9)6(10-11)4-2-3-4/h4H,2-3,9H2,1H3,(H,12,13). The summed E-state index contributed by atoms with van der Waals surface area (Å²) in [5.74, 6) is -0.626. The fraction of sp³-hybridized carbons (Fsp3) is 0.500. The Kier molecular flexibility index (Phi) is 1.55. The average molecular weight is 181 g/mol. The quantitative estimate of drug-likeness (QED) is 0.699. The lowest BCUT2D eigenvalue weighted by molar-refractivity contribution is 0.0686. The molecular weight excluding hydrogens is 170 g/mol. The summed E-state index contributed by atoms with van der Waals surface area (Å²) in [5, 5.41) is 12.9. The smallest absolute Gasteiger partial charge is 0.356 e. The number of carboxylic acids is 1. The molecule has 1 aliphatic carbocycles. The second-order valence-corrected chi connectivity index (χ2v) is 3.35. The molecule has 0 saturated heterocycles. The van der Waals surface area contributed by atoms with Gasteiger partial charge in [0.2, 0.25) is 0 Å². The highest BCUT2D eigenvalue weighted by atomic mass is 16.4. The highest BCUT2D eigenvalue weighted by Gasteiger charge is 2.31. The first-order valence-corrected chi connectivity index (χ1v) is 4.17. The minimum atomic E-state index is -1.01. The molecule has 70 valence electrons. The number of nitrogens with zero attached hydrogens (tertiary/aromatic N) is 2. The van der Waals surface area contributed by atoms with E-state index in [0.29, 0.717) is 11.6 Å². The molecule has 0 aliphatic heterocycles. The second-order valence-electron chi connectivity index (χ2n) is 3.35. The van der Waals surface area contributed by atoms with Gasteiger partial charge < -0.3 is 10.8 Å². The fourth-order valence-corrected chi connectivity index (χ4v) is 1.47. The normalized spacial score (nSPS) is 16.1. The van der Waals surface area contributed by atoms with E-state index in [1.165, 1.54) is 4.68 Å². The van der Waals surface area contributed by atoms with Crippen LogP contribution >= 0.6 is 0 Å². The zero-order chi connectivity index (χ0) is 9.59. The number of hydrogen-bond acceptors (Lipinski definition) is 3. The zero-order valence-corrected chi connectivity index (χ0v) is 7.32. The molecule has 1 fully saturated rings. The van der Waals surface area contributed by atoms with E-state index in [0.717, 1.165) is 18.5 Å². The monoisotopic (exact) mass is 181 g/mol. The third kappa shape index (κ3) is 1.16. The summed E-state index contributed by atoms with van der Waals surface area (Å²) < 4.78 is 1.34. The number of aromatic nitrogens is 2. The molecule has 1 aliphatic rings. The highest BCUT2D eigenvalue weighted by molar-refractivity contribution is 5.92. The van der Waals surface area contributed by atoms with Crippen molar-refractivity contribution in [3.05, 3.63) is 11.4 Å². The number of carbonyl (C=O) groups is 1. The van der Waals surface area contributed by atoms with Crippen molar-refractivity contribution in [2.45, 2.75) is 18.8 Å². The molecule has 0 amide bonds. The van der Waals surface area contributed by atoms with Gasteiger partial charge in [0.25, 0.3) is 0 Å². The molecule has 0 aromatic carbocycles. The van der Waals surface area contributed by atoms with Crippen LogP contribution in [-0.4, -0.2) is 20.9 Å².